The number of carbonyl (C=O) groups is 1. The summed E-state index contributed by atoms with van der Waals surface area (Å²) in [7, 11) is 0. The fourth-order valence-electron chi connectivity index (χ4n) is 2.69. The third kappa shape index (κ3) is 4.18. The van der Waals surface area contributed by atoms with E-state index < -0.39 is 0 Å². The van der Waals surface area contributed by atoms with Crippen LogP contribution in [0.1, 0.15) is 31.7 Å². The van der Waals surface area contributed by atoms with Crippen LogP contribution in [0.5, 0.6) is 5.75 Å². The van der Waals surface area contributed by atoms with Crippen molar-refractivity contribution >= 4 is 40.3 Å². The standard InChI is InChI=1S/C18H21NO3S2/c1-2-9-19-17(20)16(24-18(19)23)11-13-5-7-14(8-6-13)22-12-15-4-3-10-21-15/h5-8,11,15H,2-4,9-10,12H2,1H3/b16-11-. The lowest BCUT2D eigenvalue weighted by molar-refractivity contribution is -0.122. The summed E-state index contributed by atoms with van der Waals surface area (Å²) in [5.41, 5.74) is 0.969. The molecule has 1 aromatic rings. The van der Waals surface area contributed by atoms with Crippen molar-refractivity contribution < 1.29 is 14.3 Å². The Kier molecular flexibility index (Phi) is 5.92. The van der Waals surface area contributed by atoms with Gasteiger partial charge in [0.1, 0.15) is 16.7 Å². The second kappa shape index (κ2) is 8.14. The quantitative estimate of drug-likeness (QED) is 0.567. The zero-order valence-corrected chi connectivity index (χ0v) is 15.3. The van der Waals surface area contributed by atoms with Crippen LogP contribution in [0.2, 0.25) is 0 Å². The van der Waals surface area contributed by atoms with Gasteiger partial charge < -0.3 is 9.47 Å². The second-order valence-corrected chi connectivity index (χ2v) is 7.52. The van der Waals surface area contributed by atoms with Gasteiger partial charge in [0.2, 0.25) is 0 Å². The zero-order valence-electron chi connectivity index (χ0n) is 13.7. The first-order chi connectivity index (χ1) is 11.7. The van der Waals surface area contributed by atoms with Gasteiger partial charge in [0.05, 0.1) is 11.0 Å². The zero-order chi connectivity index (χ0) is 16.9. The average Bonchev–Trinajstić information content (AvgIpc) is 3.19. The molecular weight excluding hydrogens is 342 g/mol. The maximum atomic E-state index is 12.3. The van der Waals surface area contributed by atoms with Crippen molar-refractivity contribution in [3.8, 4) is 5.75 Å². The molecule has 0 N–H and O–H groups in total. The minimum Gasteiger partial charge on any atom is -0.491 e. The SMILES string of the molecule is CCCN1C(=O)/C(=C/c2ccc(OCC3CCCO3)cc2)SC1=S. The molecule has 1 aromatic carbocycles. The molecule has 0 aliphatic carbocycles. The van der Waals surface area contributed by atoms with Crippen LogP contribution in [0.25, 0.3) is 6.08 Å². The van der Waals surface area contributed by atoms with Crippen LogP contribution in [0.3, 0.4) is 0 Å². The van der Waals surface area contributed by atoms with Gasteiger partial charge in [-0.2, -0.15) is 0 Å². The lowest BCUT2D eigenvalue weighted by Crippen LogP contribution is -2.28. The van der Waals surface area contributed by atoms with Crippen LogP contribution in [-0.2, 0) is 9.53 Å². The predicted molar refractivity (Wildman–Crippen MR) is 101 cm³/mol. The van der Waals surface area contributed by atoms with Crippen LogP contribution in [0, 0.1) is 0 Å². The molecule has 0 saturated carbocycles. The third-order valence-corrected chi connectivity index (χ3v) is 5.34. The summed E-state index contributed by atoms with van der Waals surface area (Å²) in [6, 6.07) is 7.76. The smallest absolute Gasteiger partial charge is 0.266 e. The van der Waals surface area contributed by atoms with E-state index >= 15 is 0 Å². The molecule has 1 unspecified atom stereocenters. The number of benzene rings is 1. The Morgan fingerprint density at radius 3 is 2.88 bits per heavy atom. The van der Waals surface area contributed by atoms with Crippen LogP contribution in [0.4, 0.5) is 0 Å². The summed E-state index contributed by atoms with van der Waals surface area (Å²) in [6.45, 7) is 4.15. The molecule has 2 fully saturated rings. The van der Waals surface area contributed by atoms with E-state index in [4.69, 9.17) is 21.7 Å². The molecule has 6 heteroatoms. The van der Waals surface area contributed by atoms with Gasteiger partial charge >= 0.3 is 0 Å². The Bertz CT molecular complexity index is 636. The molecule has 24 heavy (non-hydrogen) atoms. The Balaban J connectivity index is 1.61. The molecule has 1 atom stereocenters. The van der Waals surface area contributed by atoms with Gasteiger partial charge in [-0.3, -0.25) is 9.69 Å². The summed E-state index contributed by atoms with van der Waals surface area (Å²) in [5, 5.41) is 0. The number of thioether (sulfide) groups is 1. The Hall–Kier alpha value is -1.37. The highest BCUT2D eigenvalue weighted by atomic mass is 32.2. The first-order valence-corrected chi connectivity index (χ1v) is 9.49. The first kappa shape index (κ1) is 17.5. The highest BCUT2D eigenvalue weighted by Crippen LogP contribution is 2.32. The van der Waals surface area contributed by atoms with Gasteiger partial charge in [-0.05, 0) is 43.0 Å². The molecule has 2 heterocycles. The van der Waals surface area contributed by atoms with E-state index in [1.54, 1.807) is 4.90 Å². The number of hydrogen-bond donors (Lipinski definition) is 0. The predicted octanol–water partition coefficient (Wildman–Crippen LogP) is 3.86. The molecule has 2 aliphatic rings. The highest BCUT2D eigenvalue weighted by Gasteiger charge is 2.31. The summed E-state index contributed by atoms with van der Waals surface area (Å²) < 4.78 is 11.9. The van der Waals surface area contributed by atoms with E-state index in [-0.39, 0.29) is 12.0 Å². The number of thiocarbonyl (C=S) groups is 1. The van der Waals surface area contributed by atoms with Crippen LogP contribution < -0.4 is 4.74 Å². The van der Waals surface area contributed by atoms with Gasteiger partial charge in [0.15, 0.2) is 0 Å². The van der Waals surface area contributed by atoms with Crippen LogP contribution >= 0.6 is 24.0 Å². The Morgan fingerprint density at radius 2 is 2.21 bits per heavy atom. The Labute approximate surface area is 152 Å². The van der Waals surface area contributed by atoms with Gasteiger partial charge in [0, 0.05) is 13.2 Å². The van der Waals surface area contributed by atoms with Crippen LogP contribution in [-0.4, -0.2) is 41.0 Å². The van der Waals surface area contributed by atoms with Gasteiger partial charge in [-0.15, -0.1) is 0 Å². The van der Waals surface area contributed by atoms with E-state index in [1.807, 2.05) is 37.3 Å². The van der Waals surface area contributed by atoms with Crippen LogP contribution in [0.15, 0.2) is 29.2 Å². The number of amides is 1. The molecule has 0 radical (unpaired) electrons. The average molecular weight is 364 g/mol. The molecule has 128 valence electrons. The van der Waals surface area contributed by atoms with Crippen molar-refractivity contribution in [2.75, 3.05) is 19.8 Å². The topological polar surface area (TPSA) is 38.8 Å². The number of ether oxygens (including phenoxy) is 2. The minimum absolute atomic E-state index is 0.00515. The molecule has 4 nitrogen and oxygen atoms in total. The number of carbonyl (C=O) groups excluding carboxylic acids is 1. The van der Waals surface area contributed by atoms with Crippen molar-refractivity contribution in [3.63, 3.8) is 0 Å². The van der Waals surface area contributed by atoms with Crippen molar-refractivity contribution in [2.45, 2.75) is 32.3 Å². The summed E-state index contributed by atoms with van der Waals surface area (Å²) in [6.07, 6.45) is 5.18. The van der Waals surface area contributed by atoms with E-state index in [0.717, 1.165) is 37.2 Å². The lowest BCUT2D eigenvalue weighted by Gasteiger charge is -2.12. The number of nitrogens with zero attached hydrogens (tertiary/aromatic N) is 1. The fraction of sp³-hybridized carbons (Fsp3) is 0.444. The molecule has 1 amide bonds. The number of hydrogen-bond acceptors (Lipinski definition) is 5. The van der Waals surface area contributed by atoms with E-state index in [9.17, 15) is 4.79 Å². The molecule has 2 aliphatic heterocycles. The van der Waals surface area contributed by atoms with Gasteiger partial charge in [-0.1, -0.05) is 43.0 Å². The highest BCUT2D eigenvalue weighted by molar-refractivity contribution is 8.26. The van der Waals surface area contributed by atoms with E-state index in [1.165, 1.54) is 11.8 Å². The largest absolute Gasteiger partial charge is 0.491 e. The second-order valence-electron chi connectivity index (χ2n) is 5.85. The van der Waals surface area contributed by atoms with E-state index in [0.29, 0.717) is 22.4 Å². The monoisotopic (exact) mass is 363 g/mol. The summed E-state index contributed by atoms with van der Waals surface area (Å²) in [5.74, 6) is 0.826. The molecule has 0 bridgehead atoms. The van der Waals surface area contributed by atoms with Crippen molar-refractivity contribution in [3.05, 3.63) is 34.7 Å². The summed E-state index contributed by atoms with van der Waals surface area (Å²) >= 11 is 6.65. The van der Waals surface area contributed by atoms with Crippen molar-refractivity contribution in [1.82, 2.24) is 4.90 Å². The minimum atomic E-state index is 0.00515. The summed E-state index contributed by atoms with van der Waals surface area (Å²) in [4.78, 5) is 14.7. The maximum Gasteiger partial charge on any atom is 0.266 e. The lowest BCUT2D eigenvalue weighted by atomic mass is 10.2. The Morgan fingerprint density at radius 1 is 1.42 bits per heavy atom. The number of rotatable bonds is 6. The van der Waals surface area contributed by atoms with Crippen molar-refractivity contribution in [1.29, 1.82) is 0 Å². The van der Waals surface area contributed by atoms with Crippen molar-refractivity contribution in [2.24, 2.45) is 0 Å². The maximum absolute atomic E-state index is 12.3. The van der Waals surface area contributed by atoms with Gasteiger partial charge in [-0.25, -0.2) is 0 Å². The normalized spacial score (nSPS) is 22.6. The molecule has 2 saturated heterocycles. The van der Waals surface area contributed by atoms with Gasteiger partial charge in [0.25, 0.3) is 5.91 Å². The molecular formula is C18H21NO3S2. The first-order valence-electron chi connectivity index (χ1n) is 8.27. The fourth-order valence-corrected chi connectivity index (χ4v) is 4.00. The third-order valence-electron chi connectivity index (χ3n) is 3.96. The molecule has 0 spiro atoms. The molecule has 3 rings (SSSR count). The molecule has 0 aromatic heterocycles. The van der Waals surface area contributed by atoms with E-state index in [2.05, 4.69) is 0 Å².